The van der Waals surface area contributed by atoms with Crippen molar-refractivity contribution in [3.05, 3.63) is 320 Å². The van der Waals surface area contributed by atoms with Gasteiger partial charge in [0.2, 0.25) is 0 Å². The number of para-hydroxylation sites is 1. The summed E-state index contributed by atoms with van der Waals surface area (Å²) in [7, 11) is 0. The molecule has 13 aromatic carbocycles. The lowest BCUT2D eigenvalue weighted by Gasteiger charge is -2.33. The normalized spacial score (nSPS) is 12.6. The van der Waals surface area contributed by atoms with Crippen LogP contribution in [0.4, 0.5) is 0 Å². The highest BCUT2D eigenvalue weighted by Gasteiger charge is 2.47. The summed E-state index contributed by atoms with van der Waals surface area (Å²) >= 11 is 0. The van der Waals surface area contributed by atoms with Crippen LogP contribution in [0.1, 0.15) is 22.3 Å². The largest absolute Gasteiger partial charge is 0.309 e. The number of nitrogens with zero attached hydrogens (tertiary/aromatic N) is 3. The van der Waals surface area contributed by atoms with E-state index in [1.165, 1.54) is 82.0 Å². The molecule has 0 atom stereocenters. The van der Waals surface area contributed by atoms with Gasteiger partial charge in [-0.25, -0.2) is 9.97 Å². The van der Waals surface area contributed by atoms with E-state index >= 15 is 0 Å². The molecule has 0 saturated carbocycles. The Hall–Kier alpha value is -10.5. The maximum atomic E-state index is 5.78. The fourth-order valence-electron chi connectivity index (χ4n) is 13.4. The second kappa shape index (κ2) is 18.3. The van der Waals surface area contributed by atoms with Crippen LogP contribution in [-0.4, -0.2) is 14.5 Å². The molecule has 2 heterocycles. The molecule has 0 spiro atoms. The molecule has 0 aliphatic heterocycles. The lowest BCUT2D eigenvalue weighted by Crippen LogP contribution is -2.28. The molecule has 16 rings (SSSR count). The fourth-order valence-corrected chi connectivity index (χ4v) is 13.4. The van der Waals surface area contributed by atoms with Crippen molar-refractivity contribution in [3.8, 4) is 73.0 Å². The van der Waals surface area contributed by atoms with Gasteiger partial charge in [0.25, 0.3) is 0 Å². The molecule has 0 amide bonds. The molecule has 0 N–H and O–H groups in total. The summed E-state index contributed by atoms with van der Waals surface area (Å²) in [5.74, 6) is 0.647. The average Bonchev–Trinajstić information content (AvgIpc) is 3.80. The van der Waals surface area contributed by atoms with Gasteiger partial charge in [-0.05, 0) is 130 Å². The zero-order valence-electron chi connectivity index (χ0n) is 43.6. The molecule has 1 aliphatic rings. The molecule has 15 aromatic rings. The maximum Gasteiger partial charge on any atom is 0.160 e. The third kappa shape index (κ3) is 7.07. The molecule has 3 nitrogen and oxygen atoms in total. The van der Waals surface area contributed by atoms with E-state index in [0.717, 1.165) is 61.5 Å². The fraction of sp³-hybridized carbons (Fsp3) is 0.0130. The van der Waals surface area contributed by atoms with E-state index in [-0.39, 0.29) is 0 Å². The molecule has 80 heavy (non-hydrogen) atoms. The van der Waals surface area contributed by atoms with Gasteiger partial charge in [-0.3, -0.25) is 0 Å². The van der Waals surface area contributed by atoms with E-state index in [2.05, 4.69) is 302 Å². The van der Waals surface area contributed by atoms with Gasteiger partial charge in [0, 0.05) is 33.2 Å². The molecule has 0 saturated heterocycles. The Morgan fingerprint density at radius 1 is 0.263 bits per heavy atom. The first-order chi connectivity index (χ1) is 39.7. The first-order valence-electron chi connectivity index (χ1n) is 27.5. The lowest BCUT2D eigenvalue weighted by molar-refractivity contribution is 0.768. The number of benzene rings is 13. The van der Waals surface area contributed by atoms with Crippen LogP contribution >= 0.6 is 0 Å². The van der Waals surface area contributed by atoms with Crippen molar-refractivity contribution in [1.29, 1.82) is 0 Å². The van der Waals surface area contributed by atoms with Crippen LogP contribution in [0.5, 0.6) is 0 Å². The van der Waals surface area contributed by atoms with E-state index in [9.17, 15) is 0 Å². The molecule has 2 aromatic heterocycles. The predicted molar refractivity (Wildman–Crippen MR) is 333 cm³/mol. The number of aromatic nitrogens is 3. The van der Waals surface area contributed by atoms with Gasteiger partial charge in [-0.15, -0.1) is 0 Å². The number of hydrogen-bond acceptors (Lipinski definition) is 2. The Kier molecular flexibility index (Phi) is 10.5. The summed E-state index contributed by atoms with van der Waals surface area (Å²) in [6.07, 6.45) is 0. The summed E-state index contributed by atoms with van der Waals surface area (Å²) in [4.78, 5) is 11.4. The first kappa shape index (κ1) is 45.7. The number of rotatable bonds is 8. The molecule has 0 unspecified atom stereocenters. The molecule has 372 valence electrons. The summed E-state index contributed by atoms with van der Waals surface area (Å²) in [6.45, 7) is 0. The van der Waals surface area contributed by atoms with E-state index < -0.39 is 5.41 Å². The van der Waals surface area contributed by atoms with Crippen molar-refractivity contribution in [2.45, 2.75) is 5.41 Å². The lowest BCUT2D eigenvalue weighted by atomic mass is 9.67. The van der Waals surface area contributed by atoms with Gasteiger partial charge < -0.3 is 4.57 Å². The Balaban J connectivity index is 0.978. The van der Waals surface area contributed by atoms with Crippen LogP contribution in [0.25, 0.3) is 127 Å². The van der Waals surface area contributed by atoms with E-state index in [4.69, 9.17) is 9.97 Å². The summed E-state index contributed by atoms with van der Waals surface area (Å²) in [5.41, 5.74) is 19.3. The monoisotopic (exact) mass is 1020 g/mol. The second-order valence-electron chi connectivity index (χ2n) is 21.2. The second-order valence-corrected chi connectivity index (χ2v) is 21.2. The summed E-state index contributed by atoms with van der Waals surface area (Å²) < 4.78 is 2.45. The van der Waals surface area contributed by atoms with Crippen molar-refractivity contribution >= 4 is 54.1 Å². The highest BCUT2D eigenvalue weighted by Crippen LogP contribution is 2.58. The van der Waals surface area contributed by atoms with Gasteiger partial charge in [0.1, 0.15) is 0 Å². The third-order valence-corrected chi connectivity index (χ3v) is 16.8. The highest BCUT2D eigenvalue weighted by molar-refractivity contribution is 6.26. The molecule has 1 aliphatic carbocycles. The first-order valence-corrected chi connectivity index (χ1v) is 27.5. The van der Waals surface area contributed by atoms with E-state index in [1.54, 1.807) is 0 Å². The van der Waals surface area contributed by atoms with Crippen LogP contribution in [0.3, 0.4) is 0 Å². The van der Waals surface area contributed by atoms with Crippen molar-refractivity contribution < 1.29 is 0 Å². The van der Waals surface area contributed by atoms with Crippen LogP contribution in [0, 0.1) is 0 Å². The average molecular weight is 1020 g/mol. The topological polar surface area (TPSA) is 30.7 Å². The zero-order valence-corrected chi connectivity index (χ0v) is 43.6. The Bertz CT molecular complexity index is 4850. The standard InChI is InChI=1S/C77H49N3/c1-5-22-50(23-6-1)53-41-43-65-64-34-18-20-39-73(64)80(74(65)48-53)58-45-54(52-40-42-63-61-32-14-13-30-59(61)60-31-15-16-33-62(60)68(63)47-52)44-55(46-58)76-78-71(51-24-7-2-8-25-51)49-72(79-76)67-36-21-38-70-75(67)66-35-17-19-37-69(66)77(70,56-26-9-3-10-27-56)57-28-11-4-12-29-57/h1-49H. The SMILES string of the molecule is c1ccc(-c2ccc3c4ccccc4n(-c4cc(-c5ccc6c7ccccc7c7ccccc7c6c5)cc(-c5nc(-c6ccccc6)cc(-c6cccc7c6-c6ccccc6C7(c6ccccc6)c6ccccc6)n5)c4)c3c2)cc1. The summed E-state index contributed by atoms with van der Waals surface area (Å²) in [6, 6.07) is 109. The minimum absolute atomic E-state index is 0.564. The van der Waals surface area contributed by atoms with Crippen molar-refractivity contribution in [2.24, 2.45) is 0 Å². The van der Waals surface area contributed by atoms with Crippen LogP contribution in [0.2, 0.25) is 0 Å². The Morgan fingerprint density at radius 2 is 0.750 bits per heavy atom. The zero-order chi connectivity index (χ0) is 52.7. The minimum Gasteiger partial charge on any atom is -0.309 e. The molecule has 3 heteroatoms. The van der Waals surface area contributed by atoms with Crippen molar-refractivity contribution in [3.63, 3.8) is 0 Å². The van der Waals surface area contributed by atoms with Crippen LogP contribution in [-0.2, 0) is 5.41 Å². The van der Waals surface area contributed by atoms with E-state index in [0.29, 0.717) is 5.82 Å². The van der Waals surface area contributed by atoms with E-state index in [1.807, 2.05) is 0 Å². The highest BCUT2D eigenvalue weighted by atomic mass is 15.0. The van der Waals surface area contributed by atoms with Gasteiger partial charge >= 0.3 is 0 Å². The smallest absolute Gasteiger partial charge is 0.160 e. The summed E-state index contributed by atoms with van der Waals surface area (Å²) in [5, 5.41) is 9.85. The van der Waals surface area contributed by atoms with Crippen molar-refractivity contribution in [1.82, 2.24) is 14.5 Å². The third-order valence-electron chi connectivity index (χ3n) is 16.8. The molecular formula is C77H49N3. The molecule has 0 radical (unpaired) electrons. The van der Waals surface area contributed by atoms with Crippen LogP contribution in [0.15, 0.2) is 297 Å². The minimum atomic E-state index is -0.564. The number of fused-ring (bicyclic) bond motifs is 12. The van der Waals surface area contributed by atoms with Gasteiger partial charge in [-0.1, -0.05) is 255 Å². The predicted octanol–water partition coefficient (Wildman–Crippen LogP) is 19.7. The van der Waals surface area contributed by atoms with Crippen LogP contribution < -0.4 is 0 Å². The molecule has 0 fully saturated rings. The maximum absolute atomic E-state index is 5.78. The Labute approximate surface area is 464 Å². The number of hydrogen-bond donors (Lipinski definition) is 0. The van der Waals surface area contributed by atoms with Gasteiger partial charge in [-0.2, -0.15) is 0 Å². The van der Waals surface area contributed by atoms with Crippen molar-refractivity contribution in [2.75, 3.05) is 0 Å². The Morgan fingerprint density at radius 3 is 1.44 bits per heavy atom. The molecule has 0 bridgehead atoms. The van der Waals surface area contributed by atoms with Gasteiger partial charge in [0.15, 0.2) is 5.82 Å². The molecular weight excluding hydrogens is 967 g/mol. The van der Waals surface area contributed by atoms with Gasteiger partial charge in [0.05, 0.1) is 27.8 Å². The quantitative estimate of drug-likeness (QED) is 0.142.